The fourth-order valence-electron chi connectivity index (χ4n) is 3.32. The van der Waals surface area contributed by atoms with E-state index in [9.17, 15) is 9.59 Å². The molecule has 2 rings (SSSR count). The molecule has 1 saturated heterocycles. The summed E-state index contributed by atoms with van der Waals surface area (Å²) in [5.41, 5.74) is -0.0498. The predicted molar refractivity (Wildman–Crippen MR) is 89.5 cm³/mol. The second-order valence-electron chi connectivity index (χ2n) is 7.78. The molecule has 1 heterocycles. The van der Waals surface area contributed by atoms with Gasteiger partial charge in [-0.25, -0.2) is 4.79 Å². The lowest BCUT2D eigenvalue weighted by Gasteiger charge is -2.37. The Bertz CT molecular complexity index is 424. The molecule has 2 unspecified atom stereocenters. The molecule has 0 aromatic heterocycles. The monoisotopic (exact) mass is 327 g/mol. The van der Waals surface area contributed by atoms with Gasteiger partial charge in [0.2, 0.25) is 5.91 Å². The fourth-order valence-corrected chi connectivity index (χ4v) is 4.89. The van der Waals surface area contributed by atoms with E-state index in [1.54, 1.807) is 11.8 Å². The van der Waals surface area contributed by atoms with Gasteiger partial charge in [-0.05, 0) is 32.1 Å². The van der Waals surface area contributed by atoms with E-state index in [1.807, 2.05) is 18.7 Å². The quantitative estimate of drug-likeness (QED) is 0.745. The third-order valence-electron chi connectivity index (χ3n) is 4.32. The van der Waals surface area contributed by atoms with Crippen LogP contribution in [0.4, 0.5) is 0 Å². The standard InChI is InChI=1S/C17H29NO3S/c1-11(2)21-15(20)13-10-22-16(17(3,4)5)18(13)14(19)12-8-6-7-9-12/h11-13,16H,6-10H2,1-5H3. The minimum absolute atomic E-state index is 0.0466. The van der Waals surface area contributed by atoms with Crippen molar-refractivity contribution in [1.82, 2.24) is 4.90 Å². The van der Waals surface area contributed by atoms with Gasteiger partial charge in [-0.2, -0.15) is 0 Å². The van der Waals surface area contributed by atoms with E-state index in [4.69, 9.17) is 4.74 Å². The Kier molecular flexibility index (Phi) is 5.46. The predicted octanol–water partition coefficient (Wildman–Crippen LogP) is 3.44. The van der Waals surface area contributed by atoms with E-state index in [0.717, 1.165) is 25.7 Å². The number of carbonyl (C=O) groups excluding carboxylic acids is 2. The summed E-state index contributed by atoms with van der Waals surface area (Å²) in [6.45, 7) is 10.1. The van der Waals surface area contributed by atoms with E-state index in [2.05, 4.69) is 20.8 Å². The lowest BCUT2D eigenvalue weighted by Crippen LogP contribution is -2.51. The number of hydrogen-bond acceptors (Lipinski definition) is 4. The van der Waals surface area contributed by atoms with Crippen molar-refractivity contribution in [2.24, 2.45) is 11.3 Å². The summed E-state index contributed by atoms with van der Waals surface area (Å²) in [5, 5.41) is 0.0466. The highest BCUT2D eigenvalue weighted by Crippen LogP contribution is 2.42. The smallest absolute Gasteiger partial charge is 0.330 e. The van der Waals surface area contributed by atoms with Crippen LogP contribution in [0.15, 0.2) is 0 Å². The first-order valence-electron chi connectivity index (χ1n) is 8.36. The molecule has 2 atom stereocenters. The van der Waals surface area contributed by atoms with Crippen LogP contribution in [0.3, 0.4) is 0 Å². The molecule has 0 N–H and O–H groups in total. The van der Waals surface area contributed by atoms with Crippen molar-refractivity contribution in [3.05, 3.63) is 0 Å². The molecule has 1 aliphatic carbocycles. The average Bonchev–Trinajstić information content (AvgIpc) is 3.05. The van der Waals surface area contributed by atoms with Crippen molar-refractivity contribution >= 4 is 23.6 Å². The zero-order valence-electron chi connectivity index (χ0n) is 14.4. The van der Waals surface area contributed by atoms with Crippen LogP contribution in [-0.4, -0.2) is 40.0 Å². The maximum Gasteiger partial charge on any atom is 0.330 e. The first-order valence-corrected chi connectivity index (χ1v) is 9.41. The minimum atomic E-state index is -0.426. The number of nitrogens with zero attached hydrogens (tertiary/aromatic N) is 1. The van der Waals surface area contributed by atoms with Gasteiger partial charge in [0.15, 0.2) is 0 Å². The fraction of sp³-hybridized carbons (Fsp3) is 0.882. The summed E-state index contributed by atoms with van der Waals surface area (Å²) in [6, 6.07) is -0.426. The van der Waals surface area contributed by atoms with Gasteiger partial charge >= 0.3 is 5.97 Å². The Balaban J connectivity index is 2.21. The van der Waals surface area contributed by atoms with Gasteiger partial charge in [0, 0.05) is 11.7 Å². The van der Waals surface area contributed by atoms with E-state index in [0.29, 0.717) is 5.75 Å². The van der Waals surface area contributed by atoms with Crippen molar-refractivity contribution in [3.63, 3.8) is 0 Å². The molecule has 5 heteroatoms. The van der Waals surface area contributed by atoms with E-state index in [1.165, 1.54) is 0 Å². The lowest BCUT2D eigenvalue weighted by molar-refractivity contribution is -0.159. The molecule has 126 valence electrons. The van der Waals surface area contributed by atoms with Crippen molar-refractivity contribution in [2.45, 2.75) is 77.8 Å². The third kappa shape index (κ3) is 3.79. The largest absolute Gasteiger partial charge is 0.461 e. The molecule has 0 spiro atoms. The third-order valence-corrected chi connectivity index (χ3v) is 6.08. The molecule has 1 aliphatic heterocycles. The van der Waals surface area contributed by atoms with Gasteiger partial charge in [0.1, 0.15) is 6.04 Å². The Morgan fingerprint density at radius 3 is 2.27 bits per heavy atom. The van der Waals surface area contributed by atoms with E-state index < -0.39 is 6.04 Å². The molecule has 0 aromatic carbocycles. The lowest BCUT2D eigenvalue weighted by atomic mass is 9.93. The topological polar surface area (TPSA) is 46.6 Å². The van der Waals surface area contributed by atoms with Crippen LogP contribution in [0.2, 0.25) is 0 Å². The van der Waals surface area contributed by atoms with Gasteiger partial charge in [0.05, 0.1) is 11.5 Å². The minimum Gasteiger partial charge on any atom is -0.461 e. The molecule has 2 aliphatic rings. The molecule has 1 amide bonds. The van der Waals surface area contributed by atoms with Crippen molar-refractivity contribution in [1.29, 1.82) is 0 Å². The molecule has 2 fully saturated rings. The zero-order valence-corrected chi connectivity index (χ0v) is 15.2. The second-order valence-corrected chi connectivity index (χ2v) is 8.89. The summed E-state index contributed by atoms with van der Waals surface area (Å²) in [7, 11) is 0. The molecule has 0 bridgehead atoms. The van der Waals surface area contributed by atoms with Gasteiger partial charge < -0.3 is 9.64 Å². The van der Waals surface area contributed by atoms with Crippen LogP contribution >= 0.6 is 11.8 Å². The zero-order chi connectivity index (χ0) is 16.5. The number of amides is 1. The normalized spacial score (nSPS) is 26.7. The number of rotatable bonds is 3. The van der Waals surface area contributed by atoms with E-state index >= 15 is 0 Å². The molecule has 22 heavy (non-hydrogen) atoms. The Morgan fingerprint density at radius 1 is 1.18 bits per heavy atom. The SMILES string of the molecule is CC(C)OC(=O)C1CSC(C(C)(C)C)N1C(=O)C1CCCC1. The number of thioether (sulfide) groups is 1. The van der Waals surface area contributed by atoms with Crippen LogP contribution in [0.25, 0.3) is 0 Å². The average molecular weight is 327 g/mol. The van der Waals surface area contributed by atoms with Crippen LogP contribution in [0, 0.1) is 11.3 Å². The van der Waals surface area contributed by atoms with Crippen LogP contribution < -0.4 is 0 Å². The molecular formula is C17H29NO3S. The van der Waals surface area contributed by atoms with Crippen molar-refractivity contribution in [2.75, 3.05) is 5.75 Å². The van der Waals surface area contributed by atoms with Crippen LogP contribution in [0.5, 0.6) is 0 Å². The maximum atomic E-state index is 13.0. The summed E-state index contributed by atoms with van der Waals surface area (Å²) in [4.78, 5) is 27.3. The number of esters is 1. The van der Waals surface area contributed by atoms with Gasteiger partial charge in [-0.1, -0.05) is 33.6 Å². The van der Waals surface area contributed by atoms with Gasteiger partial charge in [-0.3, -0.25) is 4.79 Å². The summed E-state index contributed by atoms with van der Waals surface area (Å²) < 4.78 is 5.39. The molecular weight excluding hydrogens is 298 g/mol. The van der Waals surface area contributed by atoms with Gasteiger partial charge in [0.25, 0.3) is 0 Å². The molecule has 1 saturated carbocycles. The first-order chi connectivity index (χ1) is 10.2. The van der Waals surface area contributed by atoms with Crippen molar-refractivity contribution < 1.29 is 14.3 Å². The summed E-state index contributed by atoms with van der Waals surface area (Å²) in [5.74, 6) is 0.651. The Morgan fingerprint density at radius 2 is 1.77 bits per heavy atom. The summed E-state index contributed by atoms with van der Waals surface area (Å²) >= 11 is 1.71. The second kappa shape index (κ2) is 6.81. The van der Waals surface area contributed by atoms with E-state index in [-0.39, 0.29) is 34.7 Å². The maximum absolute atomic E-state index is 13.0. The summed E-state index contributed by atoms with van der Waals surface area (Å²) in [6.07, 6.45) is 4.03. The molecule has 0 aromatic rings. The first kappa shape index (κ1) is 17.6. The number of ether oxygens (including phenoxy) is 1. The Labute approximate surface area is 138 Å². The Hall–Kier alpha value is -0.710. The van der Waals surface area contributed by atoms with Crippen LogP contribution in [-0.2, 0) is 14.3 Å². The van der Waals surface area contributed by atoms with Gasteiger partial charge in [-0.15, -0.1) is 11.8 Å². The highest BCUT2D eigenvalue weighted by Gasteiger charge is 2.48. The number of hydrogen-bond donors (Lipinski definition) is 0. The highest BCUT2D eigenvalue weighted by atomic mass is 32.2. The number of carbonyl (C=O) groups is 2. The van der Waals surface area contributed by atoms with Crippen molar-refractivity contribution in [3.8, 4) is 0 Å². The molecule has 4 nitrogen and oxygen atoms in total. The molecule has 0 radical (unpaired) electrons. The van der Waals surface area contributed by atoms with Crippen LogP contribution in [0.1, 0.15) is 60.3 Å². The highest BCUT2D eigenvalue weighted by molar-refractivity contribution is 8.00.